The number of nitrogens with one attached hydrogen (secondary N) is 1. The largest absolute Gasteiger partial charge is 0.397 e. The van der Waals surface area contributed by atoms with Gasteiger partial charge in [-0.1, -0.05) is 6.92 Å². The molecule has 2 heterocycles. The van der Waals surface area contributed by atoms with Crippen LogP contribution in [-0.4, -0.2) is 24.2 Å². The minimum atomic E-state index is 0.380. The van der Waals surface area contributed by atoms with E-state index in [1.54, 1.807) is 6.20 Å². The van der Waals surface area contributed by atoms with Gasteiger partial charge in [0.25, 0.3) is 0 Å². The van der Waals surface area contributed by atoms with Crippen LogP contribution in [0.1, 0.15) is 19.8 Å². The van der Waals surface area contributed by atoms with Gasteiger partial charge in [0.05, 0.1) is 23.0 Å². The monoisotopic (exact) mass is 271 g/mol. The van der Waals surface area contributed by atoms with Crippen LogP contribution in [0.5, 0.6) is 0 Å². The highest BCUT2D eigenvalue weighted by Crippen LogP contribution is 2.29. The number of aromatic nitrogens is 1. The quantitative estimate of drug-likeness (QED) is 0.839. The molecule has 4 nitrogen and oxygen atoms in total. The van der Waals surface area contributed by atoms with Crippen molar-refractivity contribution in [3.05, 3.63) is 30.5 Å². The molecule has 2 unspecified atom stereocenters. The summed E-state index contributed by atoms with van der Waals surface area (Å²) in [5.41, 5.74) is 8.95. The first-order valence-electron chi connectivity index (χ1n) is 7.28. The molecule has 0 amide bonds. The summed E-state index contributed by atoms with van der Waals surface area (Å²) >= 11 is 0. The first kappa shape index (κ1) is 13.2. The number of rotatable bonds is 4. The number of nitrogens with two attached hydrogens (primary N) is 1. The summed E-state index contributed by atoms with van der Waals surface area (Å²) in [6, 6.07) is 7.95. The van der Waals surface area contributed by atoms with Crippen molar-refractivity contribution in [3.63, 3.8) is 0 Å². The van der Waals surface area contributed by atoms with Gasteiger partial charge in [-0.25, -0.2) is 0 Å². The molecule has 1 fully saturated rings. The third-order valence-electron chi connectivity index (χ3n) is 4.13. The van der Waals surface area contributed by atoms with Gasteiger partial charge in [0.1, 0.15) is 0 Å². The molecule has 1 aliphatic heterocycles. The van der Waals surface area contributed by atoms with Gasteiger partial charge in [0, 0.05) is 30.7 Å². The normalized spacial score (nSPS) is 22.2. The highest BCUT2D eigenvalue weighted by atomic mass is 16.5. The molecular weight excluding hydrogens is 250 g/mol. The van der Waals surface area contributed by atoms with E-state index in [-0.39, 0.29) is 0 Å². The van der Waals surface area contributed by atoms with Crippen molar-refractivity contribution < 1.29 is 4.74 Å². The van der Waals surface area contributed by atoms with E-state index in [1.807, 2.05) is 24.3 Å². The molecule has 3 rings (SSSR count). The van der Waals surface area contributed by atoms with E-state index in [0.29, 0.717) is 12.0 Å². The third kappa shape index (κ3) is 2.43. The maximum Gasteiger partial charge on any atom is 0.0724 e. The molecule has 1 aliphatic rings. The predicted octanol–water partition coefficient (Wildman–Crippen LogP) is 3.04. The number of nitrogens with zero attached hydrogens (tertiary/aromatic N) is 1. The number of hydrogen-bond acceptors (Lipinski definition) is 4. The van der Waals surface area contributed by atoms with E-state index in [0.717, 1.165) is 48.3 Å². The van der Waals surface area contributed by atoms with Crippen LogP contribution < -0.4 is 11.1 Å². The van der Waals surface area contributed by atoms with Crippen LogP contribution in [0.2, 0.25) is 0 Å². The number of pyridine rings is 1. The number of ether oxygens (including phenoxy) is 1. The lowest BCUT2D eigenvalue weighted by molar-refractivity contribution is 0.0900. The van der Waals surface area contributed by atoms with Crippen molar-refractivity contribution in [1.29, 1.82) is 0 Å². The zero-order valence-electron chi connectivity index (χ0n) is 11.8. The summed E-state index contributed by atoms with van der Waals surface area (Å²) in [5.74, 6) is 0.573. The van der Waals surface area contributed by atoms with E-state index < -0.39 is 0 Å². The molecule has 20 heavy (non-hydrogen) atoms. The van der Waals surface area contributed by atoms with Crippen LogP contribution in [-0.2, 0) is 4.74 Å². The number of fused-ring (bicyclic) bond motifs is 1. The summed E-state index contributed by atoms with van der Waals surface area (Å²) in [6.07, 6.45) is 4.37. The Morgan fingerprint density at radius 3 is 3.15 bits per heavy atom. The fourth-order valence-electron chi connectivity index (χ4n) is 2.95. The Morgan fingerprint density at radius 2 is 2.30 bits per heavy atom. The molecule has 0 aliphatic carbocycles. The molecule has 0 bridgehead atoms. The van der Waals surface area contributed by atoms with Gasteiger partial charge in [-0.3, -0.25) is 4.98 Å². The molecule has 0 spiro atoms. The van der Waals surface area contributed by atoms with Crippen LogP contribution in [0.15, 0.2) is 30.5 Å². The topological polar surface area (TPSA) is 60.2 Å². The molecule has 0 radical (unpaired) electrons. The highest BCUT2D eigenvalue weighted by Gasteiger charge is 2.26. The van der Waals surface area contributed by atoms with Crippen molar-refractivity contribution in [2.45, 2.75) is 25.9 Å². The second kappa shape index (κ2) is 5.67. The van der Waals surface area contributed by atoms with Gasteiger partial charge < -0.3 is 15.8 Å². The standard InChI is InChI=1S/C16H21N3O/c1-2-15-11(7-9-20-15)10-19-14-6-5-13-12(16(14)17)4-3-8-18-13/h3-6,8,11,15,19H,2,7,9-10,17H2,1H3. The Kier molecular flexibility index (Phi) is 3.74. The number of hydrogen-bond donors (Lipinski definition) is 2. The zero-order valence-corrected chi connectivity index (χ0v) is 11.8. The van der Waals surface area contributed by atoms with E-state index in [2.05, 4.69) is 17.2 Å². The maximum atomic E-state index is 6.24. The molecule has 2 aromatic rings. The van der Waals surface area contributed by atoms with Crippen molar-refractivity contribution in [3.8, 4) is 0 Å². The van der Waals surface area contributed by atoms with Crippen LogP contribution in [0, 0.1) is 5.92 Å². The van der Waals surface area contributed by atoms with Gasteiger partial charge >= 0.3 is 0 Å². The average Bonchev–Trinajstić information content (AvgIpc) is 2.94. The van der Waals surface area contributed by atoms with E-state index in [9.17, 15) is 0 Å². The number of benzene rings is 1. The summed E-state index contributed by atoms with van der Waals surface area (Å²) in [6.45, 7) is 3.97. The minimum absolute atomic E-state index is 0.380. The molecule has 1 aromatic carbocycles. The molecule has 0 saturated carbocycles. The van der Waals surface area contributed by atoms with Gasteiger partial charge in [-0.15, -0.1) is 0 Å². The number of nitrogen functional groups attached to an aromatic ring is 1. The maximum absolute atomic E-state index is 6.24. The fraction of sp³-hybridized carbons (Fsp3) is 0.438. The first-order valence-corrected chi connectivity index (χ1v) is 7.28. The van der Waals surface area contributed by atoms with Crippen LogP contribution in [0.4, 0.5) is 11.4 Å². The summed E-state index contributed by atoms with van der Waals surface area (Å²) in [7, 11) is 0. The smallest absolute Gasteiger partial charge is 0.0724 e. The summed E-state index contributed by atoms with van der Waals surface area (Å²) < 4.78 is 5.72. The average molecular weight is 271 g/mol. The van der Waals surface area contributed by atoms with E-state index in [1.165, 1.54) is 0 Å². The molecular formula is C16H21N3O. The van der Waals surface area contributed by atoms with Crippen LogP contribution in [0.25, 0.3) is 10.9 Å². The van der Waals surface area contributed by atoms with Gasteiger partial charge in [-0.05, 0) is 37.1 Å². The molecule has 1 aromatic heterocycles. The second-order valence-corrected chi connectivity index (χ2v) is 5.34. The van der Waals surface area contributed by atoms with E-state index in [4.69, 9.17) is 10.5 Å². The lowest BCUT2D eigenvalue weighted by Gasteiger charge is -2.19. The predicted molar refractivity (Wildman–Crippen MR) is 82.8 cm³/mol. The Labute approximate surface area is 119 Å². The van der Waals surface area contributed by atoms with Gasteiger partial charge in [0.2, 0.25) is 0 Å². The fourth-order valence-corrected chi connectivity index (χ4v) is 2.95. The second-order valence-electron chi connectivity index (χ2n) is 5.34. The Hall–Kier alpha value is -1.81. The highest BCUT2D eigenvalue weighted by molar-refractivity contribution is 5.96. The van der Waals surface area contributed by atoms with E-state index >= 15 is 0 Å². The molecule has 4 heteroatoms. The van der Waals surface area contributed by atoms with Gasteiger partial charge in [0.15, 0.2) is 0 Å². The van der Waals surface area contributed by atoms with Gasteiger partial charge in [-0.2, -0.15) is 0 Å². The molecule has 3 N–H and O–H groups in total. The van der Waals surface area contributed by atoms with Crippen molar-refractivity contribution in [2.75, 3.05) is 24.2 Å². The third-order valence-corrected chi connectivity index (χ3v) is 4.13. The van der Waals surface area contributed by atoms with Crippen molar-refractivity contribution in [1.82, 2.24) is 4.98 Å². The summed E-state index contributed by atoms with van der Waals surface area (Å²) in [4.78, 5) is 4.32. The summed E-state index contributed by atoms with van der Waals surface area (Å²) in [5, 5.41) is 4.49. The van der Waals surface area contributed by atoms with Crippen molar-refractivity contribution >= 4 is 22.3 Å². The Morgan fingerprint density at radius 1 is 1.40 bits per heavy atom. The van der Waals surface area contributed by atoms with Crippen LogP contribution >= 0.6 is 0 Å². The molecule has 1 saturated heterocycles. The lowest BCUT2D eigenvalue weighted by atomic mass is 9.99. The zero-order chi connectivity index (χ0) is 13.9. The molecule has 106 valence electrons. The Balaban J connectivity index is 1.76. The lowest BCUT2D eigenvalue weighted by Crippen LogP contribution is -2.23. The number of anilines is 2. The first-order chi connectivity index (χ1) is 9.79. The van der Waals surface area contributed by atoms with Crippen molar-refractivity contribution in [2.24, 2.45) is 5.92 Å². The molecule has 2 atom stereocenters. The SMILES string of the molecule is CCC1OCCC1CNc1ccc2ncccc2c1N. The minimum Gasteiger partial charge on any atom is -0.397 e. The Bertz CT molecular complexity index is 599. The van der Waals surface area contributed by atoms with Crippen LogP contribution in [0.3, 0.4) is 0 Å².